The Morgan fingerprint density at radius 2 is 1.43 bits per heavy atom. The Morgan fingerprint density at radius 1 is 0.733 bits per heavy atom. The first kappa shape index (κ1) is 18.5. The van der Waals surface area contributed by atoms with E-state index in [1.54, 1.807) is 0 Å². The summed E-state index contributed by atoms with van der Waals surface area (Å²) in [6.07, 6.45) is 1.03. The van der Waals surface area contributed by atoms with Gasteiger partial charge in [0, 0.05) is 29.4 Å². The van der Waals surface area contributed by atoms with Crippen LogP contribution in [0.2, 0.25) is 0 Å². The standard InChI is InChI=1S/C28H22O2/c29-27(20-10-2-1-3-11-20)18-25-23-15-7-5-12-21(23)17-26(25)28(30)24-16-8-13-19-9-4-6-14-22(19)24/h1-16,25-26H,17-18H2. The topological polar surface area (TPSA) is 34.1 Å². The molecule has 0 heterocycles. The number of ketones is 2. The maximum atomic E-state index is 13.7. The number of benzene rings is 4. The van der Waals surface area contributed by atoms with E-state index < -0.39 is 0 Å². The molecular weight excluding hydrogens is 368 g/mol. The molecule has 0 aromatic heterocycles. The summed E-state index contributed by atoms with van der Waals surface area (Å²) in [4.78, 5) is 26.8. The predicted octanol–water partition coefficient (Wildman–Crippen LogP) is 6.25. The first-order valence-electron chi connectivity index (χ1n) is 10.4. The molecule has 0 fully saturated rings. The van der Waals surface area contributed by atoms with Gasteiger partial charge in [-0.15, -0.1) is 0 Å². The number of fused-ring (bicyclic) bond motifs is 2. The molecule has 0 radical (unpaired) electrons. The van der Waals surface area contributed by atoms with Gasteiger partial charge in [-0.1, -0.05) is 97.1 Å². The van der Waals surface area contributed by atoms with Crippen LogP contribution in [0.15, 0.2) is 97.1 Å². The average molecular weight is 390 g/mol. The Kier molecular flexibility index (Phi) is 4.76. The van der Waals surface area contributed by atoms with Crippen LogP contribution in [0.4, 0.5) is 0 Å². The second-order valence-corrected chi connectivity index (χ2v) is 8.00. The van der Waals surface area contributed by atoms with Gasteiger partial charge in [-0.3, -0.25) is 9.59 Å². The van der Waals surface area contributed by atoms with Crippen molar-refractivity contribution >= 4 is 22.3 Å². The smallest absolute Gasteiger partial charge is 0.167 e. The molecule has 2 atom stereocenters. The second-order valence-electron chi connectivity index (χ2n) is 8.00. The average Bonchev–Trinajstić information content (AvgIpc) is 3.17. The zero-order valence-corrected chi connectivity index (χ0v) is 16.6. The molecule has 1 aliphatic carbocycles. The lowest BCUT2D eigenvalue weighted by atomic mass is 9.81. The lowest BCUT2D eigenvalue weighted by Crippen LogP contribution is -2.22. The molecule has 146 valence electrons. The van der Waals surface area contributed by atoms with Crippen molar-refractivity contribution < 1.29 is 9.59 Å². The Labute approximate surface area is 176 Å². The van der Waals surface area contributed by atoms with E-state index >= 15 is 0 Å². The van der Waals surface area contributed by atoms with Gasteiger partial charge in [0.2, 0.25) is 0 Å². The summed E-state index contributed by atoms with van der Waals surface area (Å²) >= 11 is 0. The fourth-order valence-corrected chi connectivity index (χ4v) is 4.79. The van der Waals surface area contributed by atoms with E-state index in [9.17, 15) is 9.59 Å². The molecule has 0 aliphatic heterocycles. The minimum absolute atomic E-state index is 0.0908. The highest BCUT2D eigenvalue weighted by Gasteiger charge is 2.38. The van der Waals surface area contributed by atoms with E-state index in [2.05, 4.69) is 12.1 Å². The van der Waals surface area contributed by atoms with Crippen LogP contribution in [-0.2, 0) is 6.42 Å². The quantitative estimate of drug-likeness (QED) is 0.377. The largest absolute Gasteiger partial charge is 0.294 e. The predicted molar refractivity (Wildman–Crippen MR) is 120 cm³/mol. The fraction of sp³-hybridized carbons (Fsp3) is 0.143. The molecule has 2 nitrogen and oxygen atoms in total. The first-order valence-corrected chi connectivity index (χ1v) is 10.4. The van der Waals surface area contributed by atoms with Crippen molar-refractivity contribution in [3.05, 3.63) is 119 Å². The molecule has 0 amide bonds. The fourth-order valence-electron chi connectivity index (χ4n) is 4.79. The third-order valence-electron chi connectivity index (χ3n) is 6.27. The zero-order chi connectivity index (χ0) is 20.5. The summed E-state index contributed by atoms with van der Waals surface area (Å²) in [6.45, 7) is 0. The second kappa shape index (κ2) is 7.72. The van der Waals surface area contributed by atoms with Crippen molar-refractivity contribution in [2.75, 3.05) is 0 Å². The van der Waals surface area contributed by atoms with Gasteiger partial charge in [-0.25, -0.2) is 0 Å². The Balaban J connectivity index is 1.53. The van der Waals surface area contributed by atoms with Crippen LogP contribution >= 0.6 is 0 Å². The highest BCUT2D eigenvalue weighted by molar-refractivity contribution is 6.10. The van der Waals surface area contributed by atoms with Crippen molar-refractivity contribution in [3.8, 4) is 0 Å². The van der Waals surface area contributed by atoms with Gasteiger partial charge in [-0.05, 0) is 28.3 Å². The van der Waals surface area contributed by atoms with Crippen molar-refractivity contribution in [1.29, 1.82) is 0 Å². The number of Topliss-reactive ketones (excluding diaryl/α,β-unsaturated/α-hetero) is 2. The van der Waals surface area contributed by atoms with E-state index in [-0.39, 0.29) is 23.4 Å². The first-order chi connectivity index (χ1) is 14.7. The Morgan fingerprint density at radius 3 is 2.30 bits per heavy atom. The van der Waals surface area contributed by atoms with E-state index in [4.69, 9.17) is 0 Å². The molecule has 2 unspecified atom stereocenters. The van der Waals surface area contributed by atoms with Crippen molar-refractivity contribution in [1.82, 2.24) is 0 Å². The van der Waals surface area contributed by atoms with Gasteiger partial charge < -0.3 is 0 Å². The zero-order valence-electron chi connectivity index (χ0n) is 16.6. The van der Waals surface area contributed by atoms with Crippen LogP contribution in [0.3, 0.4) is 0 Å². The molecule has 0 N–H and O–H groups in total. The molecule has 0 saturated carbocycles. The van der Waals surface area contributed by atoms with E-state index in [0.717, 1.165) is 21.9 Å². The molecular formula is C28H22O2. The van der Waals surface area contributed by atoms with E-state index in [0.29, 0.717) is 18.4 Å². The molecule has 0 saturated heterocycles. The molecule has 0 bridgehead atoms. The minimum Gasteiger partial charge on any atom is -0.294 e. The summed E-state index contributed by atoms with van der Waals surface area (Å²) < 4.78 is 0. The molecule has 2 heteroatoms. The summed E-state index contributed by atoms with van der Waals surface area (Å²) in [5.41, 5.74) is 3.78. The maximum absolute atomic E-state index is 13.7. The van der Waals surface area contributed by atoms with E-state index in [1.165, 1.54) is 5.56 Å². The molecule has 5 rings (SSSR count). The van der Waals surface area contributed by atoms with Crippen molar-refractivity contribution in [2.45, 2.75) is 18.8 Å². The molecule has 30 heavy (non-hydrogen) atoms. The number of carbonyl (C=O) groups excluding carboxylic acids is 2. The summed E-state index contributed by atoms with van der Waals surface area (Å²) in [5.74, 6) is -0.0943. The third-order valence-corrected chi connectivity index (χ3v) is 6.27. The van der Waals surface area contributed by atoms with Crippen LogP contribution in [0.5, 0.6) is 0 Å². The Hall–Kier alpha value is -3.52. The molecule has 0 spiro atoms. The highest BCUT2D eigenvalue weighted by atomic mass is 16.1. The van der Waals surface area contributed by atoms with Crippen LogP contribution in [0.25, 0.3) is 10.8 Å². The van der Waals surface area contributed by atoms with Gasteiger partial charge in [-0.2, -0.15) is 0 Å². The number of rotatable bonds is 5. The number of carbonyl (C=O) groups is 2. The normalized spacial score (nSPS) is 17.6. The van der Waals surface area contributed by atoms with Crippen molar-refractivity contribution in [2.24, 2.45) is 5.92 Å². The summed E-state index contributed by atoms with van der Waals surface area (Å²) in [6, 6.07) is 31.5. The highest BCUT2D eigenvalue weighted by Crippen LogP contribution is 2.43. The van der Waals surface area contributed by atoms with Gasteiger partial charge in [0.25, 0.3) is 0 Å². The van der Waals surface area contributed by atoms with Gasteiger partial charge in [0.05, 0.1) is 0 Å². The lowest BCUT2D eigenvalue weighted by Gasteiger charge is -2.20. The van der Waals surface area contributed by atoms with Gasteiger partial charge in [0.15, 0.2) is 11.6 Å². The molecule has 1 aliphatic rings. The Bertz CT molecular complexity index is 1230. The SMILES string of the molecule is O=C(CC1c2ccccc2CC1C(=O)c1cccc2ccccc12)c1ccccc1. The van der Waals surface area contributed by atoms with Crippen molar-refractivity contribution in [3.63, 3.8) is 0 Å². The monoisotopic (exact) mass is 390 g/mol. The summed E-state index contributed by atoms with van der Waals surface area (Å²) in [7, 11) is 0. The number of hydrogen-bond donors (Lipinski definition) is 0. The van der Waals surface area contributed by atoms with Crippen LogP contribution < -0.4 is 0 Å². The molecule has 4 aromatic rings. The summed E-state index contributed by atoms with van der Waals surface area (Å²) in [5, 5.41) is 2.05. The lowest BCUT2D eigenvalue weighted by molar-refractivity contribution is 0.0887. The van der Waals surface area contributed by atoms with Crippen LogP contribution in [-0.4, -0.2) is 11.6 Å². The number of hydrogen-bond acceptors (Lipinski definition) is 2. The third kappa shape index (κ3) is 3.25. The van der Waals surface area contributed by atoms with E-state index in [1.807, 2.05) is 84.9 Å². The maximum Gasteiger partial charge on any atom is 0.167 e. The molecule has 4 aromatic carbocycles. The van der Waals surface area contributed by atoms with Gasteiger partial charge in [0.1, 0.15) is 0 Å². The minimum atomic E-state index is -0.221. The van der Waals surface area contributed by atoms with Gasteiger partial charge >= 0.3 is 0 Å². The van der Waals surface area contributed by atoms with Crippen LogP contribution in [0, 0.1) is 5.92 Å². The van der Waals surface area contributed by atoms with Crippen LogP contribution in [0.1, 0.15) is 44.2 Å².